The lowest BCUT2D eigenvalue weighted by molar-refractivity contribution is -0.154. The van der Waals surface area contributed by atoms with Crippen LogP contribution in [-0.2, 0) is 19.1 Å². The zero-order valence-corrected chi connectivity index (χ0v) is 11.8. The summed E-state index contributed by atoms with van der Waals surface area (Å²) in [7, 11) is 0. The zero-order chi connectivity index (χ0) is 14.5. The molecule has 0 radical (unpaired) electrons. The highest BCUT2D eigenvalue weighted by Gasteiger charge is 2.62. The van der Waals surface area contributed by atoms with Crippen LogP contribution in [0.2, 0.25) is 0 Å². The van der Waals surface area contributed by atoms with E-state index in [9.17, 15) is 14.7 Å². The quantitative estimate of drug-likeness (QED) is 0.614. The molecule has 4 atom stereocenters. The van der Waals surface area contributed by atoms with Crippen LogP contribution in [0.1, 0.15) is 26.7 Å². The summed E-state index contributed by atoms with van der Waals surface area (Å²) >= 11 is 0. The van der Waals surface area contributed by atoms with E-state index in [-0.39, 0.29) is 30.0 Å². The molecule has 1 spiro atoms. The van der Waals surface area contributed by atoms with E-state index in [1.165, 1.54) is 0 Å². The van der Waals surface area contributed by atoms with Gasteiger partial charge in [0, 0.05) is 0 Å². The zero-order valence-electron chi connectivity index (χ0n) is 11.8. The molecule has 1 N–H and O–H groups in total. The van der Waals surface area contributed by atoms with Crippen LogP contribution in [0.3, 0.4) is 0 Å². The number of carbonyl (C=O) groups is 2. The molecule has 1 saturated heterocycles. The van der Waals surface area contributed by atoms with Crippen molar-refractivity contribution >= 4 is 11.9 Å². The summed E-state index contributed by atoms with van der Waals surface area (Å²) in [4.78, 5) is 23.6. The van der Waals surface area contributed by atoms with Crippen molar-refractivity contribution in [2.45, 2.75) is 32.3 Å². The standard InChI is InChI=1S/C15H20O5/c1-8(2)10-3-4-15(7-20-15)12-11(10)5-9(13(16)17)6-19-14(12)18/h5,8,10-12H,3-4,6-7H2,1-2H3,(H,16,17)/t10-,11+,12-,15-/m1/s1. The van der Waals surface area contributed by atoms with Gasteiger partial charge in [0.25, 0.3) is 0 Å². The van der Waals surface area contributed by atoms with Crippen LogP contribution in [0, 0.1) is 23.7 Å². The van der Waals surface area contributed by atoms with Gasteiger partial charge in [0.15, 0.2) is 0 Å². The van der Waals surface area contributed by atoms with Crippen molar-refractivity contribution in [2.24, 2.45) is 23.7 Å². The van der Waals surface area contributed by atoms with Crippen molar-refractivity contribution in [3.05, 3.63) is 11.6 Å². The Hall–Kier alpha value is -1.36. The van der Waals surface area contributed by atoms with Crippen LogP contribution in [0.25, 0.3) is 0 Å². The third-order valence-corrected chi connectivity index (χ3v) is 5.01. The van der Waals surface area contributed by atoms with Crippen LogP contribution in [0.5, 0.6) is 0 Å². The third kappa shape index (κ3) is 2.04. The fourth-order valence-electron chi connectivity index (χ4n) is 3.80. The summed E-state index contributed by atoms with van der Waals surface area (Å²) in [6.45, 7) is 4.70. The first-order valence-electron chi connectivity index (χ1n) is 7.19. The topological polar surface area (TPSA) is 76.1 Å². The van der Waals surface area contributed by atoms with Crippen molar-refractivity contribution in [3.63, 3.8) is 0 Å². The Morgan fingerprint density at radius 1 is 1.50 bits per heavy atom. The van der Waals surface area contributed by atoms with Crippen molar-refractivity contribution in [1.82, 2.24) is 0 Å². The predicted octanol–water partition coefficient (Wildman–Crippen LogP) is 1.62. The van der Waals surface area contributed by atoms with E-state index in [2.05, 4.69) is 13.8 Å². The number of carboxylic acid groups (broad SMARTS) is 1. The van der Waals surface area contributed by atoms with Gasteiger partial charge in [-0.2, -0.15) is 0 Å². The van der Waals surface area contributed by atoms with Crippen LogP contribution < -0.4 is 0 Å². The number of esters is 1. The first kappa shape index (κ1) is 13.6. The van der Waals surface area contributed by atoms with Crippen LogP contribution >= 0.6 is 0 Å². The second-order valence-corrected chi connectivity index (χ2v) is 6.46. The molecule has 0 aromatic heterocycles. The van der Waals surface area contributed by atoms with Crippen LogP contribution in [0.4, 0.5) is 0 Å². The monoisotopic (exact) mass is 280 g/mol. The van der Waals surface area contributed by atoms with Crippen molar-refractivity contribution in [1.29, 1.82) is 0 Å². The molecule has 2 aliphatic heterocycles. The van der Waals surface area contributed by atoms with Crippen LogP contribution in [-0.4, -0.2) is 35.9 Å². The van der Waals surface area contributed by atoms with Gasteiger partial charge in [-0.3, -0.25) is 4.79 Å². The van der Waals surface area contributed by atoms with E-state index in [4.69, 9.17) is 9.47 Å². The fraction of sp³-hybridized carbons (Fsp3) is 0.733. The summed E-state index contributed by atoms with van der Waals surface area (Å²) in [5, 5.41) is 9.22. The number of ether oxygens (including phenoxy) is 2. The summed E-state index contributed by atoms with van der Waals surface area (Å²) < 4.78 is 10.8. The molecule has 3 rings (SSSR count). The minimum atomic E-state index is -1.00. The highest BCUT2D eigenvalue weighted by atomic mass is 16.6. The van der Waals surface area contributed by atoms with E-state index in [0.717, 1.165) is 12.8 Å². The second-order valence-electron chi connectivity index (χ2n) is 6.46. The Labute approximate surface area is 117 Å². The average molecular weight is 280 g/mol. The molecule has 0 aromatic rings. The van der Waals surface area contributed by atoms with Crippen molar-refractivity contribution in [3.8, 4) is 0 Å². The Kier molecular flexibility index (Phi) is 3.12. The largest absolute Gasteiger partial charge is 0.478 e. The van der Waals surface area contributed by atoms with E-state index >= 15 is 0 Å². The van der Waals surface area contributed by atoms with E-state index in [0.29, 0.717) is 18.4 Å². The van der Waals surface area contributed by atoms with Gasteiger partial charge >= 0.3 is 11.9 Å². The van der Waals surface area contributed by atoms with E-state index < -0.39 is 11.6 Å². The number of hydrogen-bond donors (Lipinski definition) is 1. The van der Waals surface area contributed by atoms with Gasteiger partial charge in [-0.1, -0.05) is 19.9 Å². The molecule has 5 nitrogen and oxygen atoms in total. The second kappa shape index (κ2) is 4.58. The van der Waals surface area contributed by atoms with Gasteiger partial charge in [0.2, 0.25) is 0 Å². The maximum absolute atomic E-state index is 12.3. The average Bonchev–Trinajstić information content (AvgIpc) is 3.14. The number of allylic oxidation sites excluding steroid dienone is 1. The molecular formula is C15H20O5. The summed E-state index contributed by atoms with van der Waals surface area (Å²) in [5.74, 6) is -1.04. The number of epoxide rings is 1. The number of carbonyl (C=O) groups excluding carboxylic acids is 1. The van der Waals surface area contributed by atoms with Crippen LogP contribution in [0.15, 0.2) is 11.6 Å². The molecule has 2 fully saturated rings. The minimum absolute atomic E-state index is 0.0904. The molecule has 1 saturated carbocycles. The van der Waals surface area contributed by atoms with E-state index in [1.807, 2.05) is 0 Å². The number of aliphatic carboxylic acids is 1. The molecule has 3 aliphatic rings. The number of hydrogen-bond acceptors (Lipinski definition) is 4. The summed E-state index contributed by atoms with van der Waals surface area (Å²) in [6, 6.07) is 0. The number of cyclic esters (lactones) is 1. The Balaban J connectivity index is 2.01. The number of fused-ring (bicyclic) bond motifs is 2. The summed E-state index contributed by atoms with van der Waals surface area (Å²) in [6.07, 6.45) is 3.59. The molecule has 1 aliphatic carbocycles. The minimum Gasteiger partial charge on any atom is -0.478 e. The molecule has 0 unspecified atom stereocenters. The lowest BCUT2D eigenvalue weighted by Gasteiger charge is -2.40. The van der Waals surface area contributed by atoms with Gasteiger partial charge in [-0.15, -0.1) is 0 Å². The van der Waals surface area contributed by atoms with Gasteiger partial charge < -0.3 is 14.6 Å². The lowest BCUT2D eigenvalue weighted by atomic mass is 9.63. The van der Waals surface area contributed by atoms with Crippen molar-refractivity contribution in [2.75, 3.05) is 13.2 Å². The molecular weight excluding hydrogens is 260 g/mol. The highest BCUT2D eigenvalue weighted by molar-refractivity contribution is 5.88. The first-order valence-corrected chi connectivity index (χ1v) is 7.19. The SMILES string of the molecule is CC(C)[C@H]1CC[C@@]2(CO2)[C@H]2C(=O)OCC(C(=O)O)=C[C@@H]12. The predicted molar refractivity (Wildman–Crippen MR) is 69.9 cm³/mol. The highest BCUT2D eigenvalue weighted by Crippen LogP contribution is 2.54. The third-order valence-electron chi connectivity index (χ3n) is 5.01. The Bertz CT molecular complexity index is 475. The first-order chi connectivity index (χ1) is 9.44. The Morgan fingerprint density at radius 2 is 2.20 bits per heavy atom. The van der Waals surface area contributed by atoms with Gasteiger partial charge in [0.1, 0.15) is 12.2 Å². The number of carboxylic acids is 1. The maximum Gasteiger partial charge on any atom is 0.334 e. The molecule has 0 bridgehead atoms. The van der Waals surface area contributed by atoms with Gasteiger partial charge in [-0.05, 0) is 30.6 Å². The van der Waals surface area contributed by atoms with Crippen molar-refractivity contribution < 1.29 is 24.2 Å². The summed E-state index contributed by atoms with van der Waals surface area (Å²) in [5.41, 5.74) is -0.202. The molecule has 0 aromatic carbocycles. The van der Waals surface area contributed by atoms with E-state index in [1.54, 1.807) is 6.08 Å². The molecule has 5 heteroatoms. The van der Waals surface area contributed by atoms with Gasteiger partial charge in [0.05, 0.1) is 18.1 Å². The maximum atomic E-state index is 12.3. The van der Waals surface area contributed by atoms with Gasteiger partial charge in [-0.25, -0.2) is 4.79 Å². The molecule has 2 heterocycles. The fourth-order valence-corrected chi connectivity index (χ4v) is 3.80. The molecule has 110 valence electrons. The Morgan fingerprint density at radius 3 is 2.75 bits per heavy atom. The lowest BCUT2D eigenvalue weighted by Crippen LogP contribution is -2.45. The smallest absolute Gasteiger partial charge is 0.334 e. The molecule has 20 heavy (non-hydrogen) atoms. The normalized spacial score (nSPS) is 39.9. The number of rotatable bonds is 2. The molecule has 0 amide bonds.